The fourth-order valence-corrected chi connectivity index (χ4v) is 9.10. The van der Waals surface area contributed by atoms with Crippen LogP contribution in [0.4, 0.5) is 11.5 Å². The first kappa shape index (κ1) is 80.0. The summed E-state index contributed by atoms with van der Waals surface area (Å²) in [5, 5.41) is 142. The van der Waals surface area contributed by atoms with Gasteiger partial charge in [-0.1, -0.05) is 0 Å². The third kappa shape index (κ3) is 24.0. The van der Waals surface area contributed by atoms with Crippen LogP contribution in [0.2, 0.25) is 0 Å². The predicted octanol–water partition coefficient (Wildman–Crippen LogP) is -10.3. The molecule has 532 valence electrons. The molecule has 13 unspecified atom stereocenters. The second-order valence-electron chi connectivity index (χ2n) is 21.7. The van der Waals surface area contributed by atoms with Crippen molar-refractivity contribution >= 4 is 100 Å². The average Bonchev–Trinajstić information content (AvgIpc) is 0.750. The van der Waals surface area contributed by atoms with E-state index in [0.29, 0.717) is 0 Å². The number of amides is 11. The first-order valence-electron chi connectivity index (χ1n) is 29.1. The second kappa shape index (κ2) is 37.6. The van der Waals surface area contributed by atoms with Gasteiger partial charge in [-0.15, -0.1) is 0 Å². The summed E-state index contributed by atoms with van der Waals surface area (Å²) in [5.74, 6) is -21.8. The first-order chi connectivity index (χ1) is 45.0. The number of phenolic OH excluding ortho intramolecular Hbond substituents is 1. The highest BCUT2D eigenvalue weighted by molar-refractivity contribution is 6.01. The van der Waals surface area contributed by atoms with Crippen molar-refractivity contribution in [3.8, 4) is 17.0 Å². The SMILES string of the molecule is CC(O)CC(=O)N(O)CCCC(NC(=O)C(CC(=O)O)NC(=O)C1CCNc2c(NC(=O)CCC(=O)O)cc3cc(O)c(=O)cc-3n21)C(=O)NC(CCN)C(=O)NC(C(=O)NCC(=O)NC(CO)C(=O)NC(CO)C(=O)NC(C(=O)NC(C(=O)O)C(C)O)C(O)C(=O)O)C(C)O. The normalized spacial score (nSPS) is 16.2. The summed E-state index contributed by atoms with van der Waals surface area (Å²) in [6.07, 6.45) is -12.0. The molecule has 11 amide bonds. The highest BCUT2D eigenvalue weighted by Gasteiger charge is 2.40. The highest BCUT2D eigenvalue weighted by atomic mass is 16.5. The summed E-state index contributed by atoms with van der Waals surface area (Å²) in [7, 11) is 0. The van der Waals surface area contributed by atoms with E-state index in [0.717, 1.165) is 26.0 Å². The number of hydrogen-bond acceptors (Lipinski definition) is 26. The molecule has 25 N–H and O–H groups in total. The Morgan fingerprint density at radius 2 is 1.16 bits per heavy atom. The number of nitrogens with one attached hydrogen (secondary N) is 11. The van der Waals surface area contributed by atoms with Gasteiger partial charge in [0.05, 0.1) is 68.7 Å². The van der Waals surface area contributed by atoms with Gasteiger partial charge in [0.1, 0.15) is 54.2 Å². The van der Waals surface area contributed by atoms with Crippen LogP contribution in [-0.2, 0) is 71.9 Å². The summed E-state index contributed by atoms with van der Waals surface area (Å²) >= 11 is 0. The number of nitrogens with zero attached hydrogens (tertiary/aromatic N) is 2. The van der Waals surface area contributed by atoms with E-state index in [-0.39, 0.29) is 47.2 Å². The van der Waals surface area contributed by atoms with Crippen molar-refractivity contribution in [2.24, 2.45) is 5.73 Å². The molecule has 2 heterocycles. The molecule has 0 aromatic rings. The molecule has 1 aliphatic carbocycles. The number of nitrogens with two attached hydrogens (primary N) is 1. The van der Waals surface area contributed by atoms with E-state index in [1.807, 2.05) is 16.0 Å². The summed E-state index contributed by atoms with van der Waals surface area (Å²) in [5.41, 5.74) is 4.82. The van der Waals surface area contributed by atoms with E-state index < -0.39 is 250 Å². The molecular formula is C54H78N14O28. The largest absolute Gasteiger partial charge is 0.504 e. The number of rotatable bonds is 39. The lowest BCUT2D eigenvalue weighted by atomic mass is 10.0. The van der Waals surface area contributed by atoms with Crippen LogP contribution in [0.5, 0.6) is 5.75 Å². The molecule has 0 bridgehead atoms. The predicted molar refractivity (Wildman–Crippen MR) is 319 cm³/mol. The Balaban J connectivity index is 1.86. The molecule has 2 aliphatic heterocycles. The molecule has 0 fully saturated rings. The molecule has 3 rings (SSSR count). The molecule has 0 radical (unpaired) electrons. The van der Waals surface area contributed by atoms with E-state index in [9.17, 15) is 133 Å². The molecule has 96 heavy (non-hydrogen) atoms. The fraction of sp³-hybridized carbons (Fsp3) is 0.556. The highest BCUT2D eigenvalue weighted by Crippen LogP contribution is 2.40. The van der Waals surface area contributed by atoms with Gasteiger partial charge in [-0.05, 0) is 65.1 Å². The standard InChI is InChI=1S/C54H78N14O28/c1-21(71)13-37(78)67(96)12-4-5-25(60-47(86)28(16-39(81)82)62-50(89)31-9-11-56-44-27(58-35(76)6-7-38(79)80)14-24-15-33(74)34(75)17-32(24)68(31)44)45(84)61-26(8-10-55)46(85)64-40(22(2)72)51(90)57-18-36(77)59-29(19-69)48(87)63-30(20-70)49(88)66-42(43(83)54(94)95)52(91)65-41(23(3)73)53(92)93/h14-15,17,21-23,25-26,28-31,40-43,56,69-74,83,96H,4-13,16,18-20,55H2,1-3H3,(H,57,90)(H,58,76)(H,59,77)(H,60,86)(H,61,84)(H,62,89)(H,63,87)(H,64,85)(H,65,91)(H,66,88)(H,79,80)(H,81,82)(H,92,93)(H,94,95). The van der Waals surface area contributed by atoms with E-state index in [2.05, 4.69) is 31.9 Å². The zero-order valence-corrected chi connectivity index (χ0v) is 51.5. The van der Waals surface area contributed by atoms with Gasteiger partial charge in [-0.25, -0.2) is 14.7 Å². The van der Waals surface area contributed by atoms with Gasteiger partial charge in [-0.3, -0.25) is 72.3 Å². The lowest BCUT2D eigenvalue weighted by Crippen LogP contribution is -2.63. The van der Waals surface area contributed by atoms with Crippen LogP contribution in [-0.4, -0.2) is 272 Å². The summed E-state index contributed by atoms with van der Waals surface area (Å²) in [6, 6.07) is -14.7. The first-order valence-corrected chi connectivity index (χ1v) is 29.1. The zero-order chi connectivity index (χ0) is 72.6. The lowest BCUT2D eigenvalue weighted by molar-refractivity contribution is -0.167. The van der Waals surface area contributed by atoms with Crippen LogP contribution >= 0.6 is 0 Å². The third-order valence-corrected chi connectivity index (χ3v) is 14.0. The summed E-state index contributed by atoms with van der Waals surface area (Å²) in [4.78, 5) is 207. The number of aliphatic carboxylic acids is 4. The van der Waals surface area contributed by atoms with Gasteiger partial charge in [0.15, 0.2) is 17.9 Å². The second-order valence-corrected chi connectivity index (χ2v) is 21.7. The minimum atomic E-state index is -2.79. The zero-order valence-electron chi connectivity index (χ0n) is 51.5. The Morgan fingerprint density at radius 1 is 0.615 bits per heavy atom. The van der Waals surface area contributed by atoms with Crippen LogP contribution in [0, 0.1) is 0 Å². The van der Waals surface area contributed by atoms with Crippen molar-refractivity contribution in [1.82, 2.24) is 57.5 Å². The Morgan fingerprint density at radius 3 is 1.71 bits per heavy atom. The Bertz CT molecular complexity index is 3230. The van der Waals surface area contributed by atoms with E-state index in [1.165, 1.54) is 17.6 Å². The molecule has 42 heteroatoms. The van der Waals surface area contributed by atoms with Crippen LogP contribution in [0.1, 0.15) is 78.2 Å². The average molecular weight is 1370 g/mol. The number of carboxylic acid groups (broad SMARTS) is 4. The Kier molecular flexibility index (Phi) is 31.3. The van der Waals surface area contributed by atoms with E-state index >= 15 is 0 Å². The smallest absolute Gasteiger partial charge is 0.335 e. The molecule has 0 aromatic heterocycles. The minimum Gasteiger partial charge on any atom is -0.504 e. The number of aliphatic hydroxyl groups is 6. The lowest BCUT2D eigenvalue weighted by Gasteiger charge is -2.34. The van der Waals surface area contributed by atoms with Crippen LogP contribution in [0.15, 0.2) is 23.0 Å². The number of anilines is 2. The molecular weight excluding hydrogens is 1290 g/mol. The van der Waals surface area contributed by atoms with E-state index in [1.54, 1.807) is 10.6 Å². The number of fused-ring (bicyclic) bond motifs is 3. The number of aromatic nitrogens is 1. The fourth-order valence-electron chi connectivity index (χ4n) is 9.10. The number of aromatic hydroxyl groups is 1. The third-order valence-electron chi connectivity index (χ3n) is 14.0. The summed E-state index contributed by atoms with van der Waals surface area (Å²) in [6.45, 7) is -1.61. The molecule has 42 nitrogen and oxygen atoms in total. The number of pyridine rings is 1. The van der Waals surface area contributed by atoms with E-state index in [4.69, 9.17) is 10.8 Å². The number of hydrogen-bond donors (Lipinski definition) is 24. The number of benzene rings is 1. The number of aliphatic hydroxyl groups excluding tert-OH is 6. The maximum absolute atomic E-state index is 14.4. The molecule has 0 saturated carbocycles. The number of carbonyl (C=O) groups is 15. The van der Waals surface area contributed by atoms with Gasteiger partial charge in [-0.2, -0.15) is 0 Å². The van der Waals surface area contributed by atoms with Crippen molar-refractivity contribution in [2.45, 2.75) is 151 Å². The van der Waals surface area contributed by atoms with Crippen molar-refractivity contribution in [1.29, 1.82) is 0 Å². The maximum Gasteiger partial charge on any atom is 0.335 e. The van der Waals surface area contributed by atoms with Crippen molar-refractivity contribution in [2.75, 3.05) is 50.0 Å². The number of hydroxylamine groups is 2. The van der Waals surface area contributed by atoms with Gasteiger partial charge >= 0.3 is 23.9 Å². The van der Waals surface area contributed by atoms with Gasteiger partial charge < -0.3 is 125 Å². The number of carbonyl (C=O) groups excluding carboxylic acids is 11. The van der Waals surface area contributed by atoms with Gasteiger partial charge in [0.2, 0.25) is 70.4 Å². The minimum absolute atomic E-state index is 0.0221. The van der Waals surface area contributed by atoms with Gasteiger partial charge in [0.25, 0.3) is 0 Å². The quantitative estimate of drug-likeness (QED) is 0.0218. The molecule has 0 saturated heterocycles. The van der Waals surface area contributed by atoms with Crippen molar-refractivity contribution in [3.63, 3.8) is 0 Å². The molecule has 0 spiro atoms. The number of carboxylic acids is 4. The van der Waals surface area contributed by atoms with Gasteiger partial charge in [0, 0.05) is 31.1 Å². The molecule has 13 atom stereocenters. The Hall–Kier alpha value is -10.2. The van der Waals surface area contributed by atoms with Crippen molar-refractivity contribution in [3.05, 3.63) is 28.4 Å². The van der Waals surface area contributed by atoms with Crippen LogP contribution in [0.3, 0.4) is 0 Å². The Labute approximate surface area is 542 Å². The number of phenols is 1. The topological polar surface area (TPSA) is 682 Å². The summed E-state index contributed by atoms with van der Waals surface area (Å²) < 4.78 is 1.21. The van der Waals surface area contributed by atoms with Crippen LogP contribution in [0.25, 0.3) is 11.3 Å². The van der Waals surface area contributed by atoms with Crippen LogP contribution < -0.4 is 69.6 Å². The monoisotopic (exact) mass is 1370 g/mol. The molecule has 3 aliphatic rings. The maximum atomic E-state index is 14.4. The molecule has 0 aromatic carbocycles. The van der Waals surface area contributed by atoms with Crippen molar-refractivity contribution < 1.29 is 133 Å².